The zero-order valence-corrected chi connectivity index (χ0v) is 12.3. The fourth-order valence-electron chi connectivity index (χ4n) is 3.39. The molecule has 0 aromatic carbocycles. The van der Waals surface area contributed by atoms with Crippen LogP contribution in [-0.2, 0) is 4.79 Å². The third-order valence-corrected chi connectivity index (χ3v) is 4.87. The zero-order valence-electron chi connectivity index (χ0n) is 12.3. The first-order chi connectivity index (χ1) is 9.24. The average molecular weight is 267 g/mol. The number of carbonyl (C=O) groups excluding carboxylic acids is 1. The van der Waals surface area contributed by atoms with E-state index in [0.29, 0.717) is 12.0 Å². The Kier molecular flexibility index (Phi) is 5.64. The smallest absolute Gasteiger partial charge is 0.234 e. The van der Waals surface area contributed by atoms with Gasteiger partial charge in [0.25, 0.3) is 0 Å². The molecule has 4 nitrogen and oxygen atoms in total. The van der Waals surface area contributed by atoms with Crippen molar-refractivity contribution in [1.82, 2.24) is 15.5 Å². The molecule has 2 rings (SSSR count). The quantitative estimate of drug-likeness (QED) is 0.791. The monoisotopic (exact) mass is 267 g/mol. The van der Waals surface area contributed by atoms with Gasteiger partial charge in [-0.25, -0.2) is 0 Å². The lowest BCUT2D eigenvalue weighted by molar-refractivity contribution is -0.122. The van der Waals surface area contributed by atoms with E-state index in [1.54, 1.807) is 0 Å². The summed E-state index contributed by atoms with van der Waals surface area (Å²) in [6.45, 7) is 7.84. The van der Waals surface area contributed by atoms with Crippen LogP contribution >= 0.6 is 0 Å². The molecule has 1 heterocycles. The maximum absolute atomic E-state index is 12.1. The first-order valence-electron chi connectivity index (χ1n) is 7.94. The van der Waals surface area contributed by atoms with Gasteiger partial charge in [-0.1, -0.05) is 19.8 Å². The van der Waals surface area contributed by atoms with Crippen LogP contribution in [0, 0.1) is 5.41 Å². The summed E-state index contributed by atoms with van der Waals surface area (Å²) in [6, 6.07) is 0. The Hall–Kier alpha value is -0.610. The van der Waals surface area contributed by atoms with Crippen LogP contribution in [0.3, 0.4) is 0 Å². The normalized spacial score (nSPS) is 24.1. The number of rotatable bonds is 5. The minimum atomic E-state index is 0.210. The largest absolute Gasteiger partial charge is 0.354 e. The van der Waals surface area contributed by atoms with Crippen molar-refractivity contribution in [1.29, 1.82) is 0 Å². The molecule has 2 N–H and O–H groups in total. The van der Waals surface area contributed by atoms with Crippen LogP contribution in [0.5, 0.6) is 0 Å². The minimum Gasteiger partial charge on any atom is -0.354 e. The summed E-state index contributed by atoms with van der Waals surface area (Å²) in [5.41, 5.74) is 0.399. The molecule has 1 aliphatic heterocycles. The Morgan fingerprint density at radius 3 is 2.74 bits per heavy atom. The van der Waals surface area contributed by atoms with Gasteiger partial charge in [0.2, 0.25) is 5.91 Å². The Balaban J connectivity index is 1.71. The third kappa shape index (κ3) is 4.46. The number of carbonyl (C=O) groups is 1. The molecule has 0 unspecified atom stereocenters. The molecule has 4 heteroatoms. The summed E-state index contributed by atoms with van der Waals surface area (Å²) in [4.78, 5) is 14.3. The number of nitrogens with zero attached hydrogens (tertiary/aromatic N) is 1. The molecule has 1 saturated heterocycles. The van der Waals surface area contributed by atoms with Crippen molar-refractivity contribution in [2.75, 3.05) is 39.3 Å². The highest BCUT2D eigenvalue weighted by Crippen LogP contribution is 2.40. The molecule has 0 bridgehead atoms. The Morgan fingerprint density at radius 1 is 1.21 bits per heavy atom. The van der Waals surface area contributed by atoms with Crippen LogP contribution in [0.4, 0.5) is 0 Å². The van der Waals surface area contributed by atoms with Crippen molar-refractivity contribution in [3.05, 3.63) is 0 Å². The lowest BCUT2D eigenvalue weighted by Crippen LogP contribution is -2.42. The highest BCUT2D eigenvalue weighted by molar-refractivity contribution is 5.78. The second-order valence-corrected chi connectivity index (χ2v) is 6.22. The van der Waals surface area contributed by atoms with Gasteiger partial charge in [0.05, 0.1) is 6.54 Å². The standard InChI is InChI=1S/C15H29N3O/c1-2-15(6-3-4-7-15)13-17-14(19)12-18-10-5-8-16-9-11-18/h16H,2-13H2,1H3,(H,17,19). The molecule has 2 aliphatic rings. The summed E-state index contributed by atoms with van der Waals surface area (Å²) in [7, 11) is 0. The topological polar surface area (TPSA) is 44.4 Å². The van der Waals surface area contributed by atoms with Crippen molar-refractivity contribution in [2.45, 2.75) is 45.4 Å². The molecule has 0 radical (unpaired) electrons. The number of hydrogen-bond acceptors (Lipinski definition) is 3. The lowest BCUT2D eigenvalue weighted by Gasteiger charge is -2.28. The Labute approximate surface area is 117 Å². The summed E-state index contributed by atoms with van der Waals surface area (Å²) in [5, 5.41) is 6.55. The molecule has 1 aliphatic carbocycles. The van der Waals surface area contributed by atoms with Crippen LogP contribution in [0.2, 0.25) is 0 Å². The van der Waals surface area contributed by atoms with E-state index in [9.17, 15) is 4.79 Å². The van der Waals surface area contributed by atoms with E-state index < -0.39 is 0 Å². The van der Waals surface area contributed by atoms with Gasteiger partial charge in [-0.15, -0.1) is 0 Å². The molecule has 0 atom stereocenters. The molecule has 2 fully saturated rings. The highest BCUT2D eigenvalue weighted by atomic mass is 16.2. The zero-order chi connectivity index (χ0) is 13.6. The van der Waals surface area contributed by atoms with E-state index in [2.05, 4.69) is 22.5 Å². The first-order valence-corrected chi connectivity index (χ1v) is 7.94. The molecule has 0 aromatic heterocycles. The summed E-state index contributed by atoms with van der Waals surface area (Å²) >= 11 is 0. The number of hydrogen-bond donors (Lipinski definition) is 2. The molecule has 0 aromatic rings. The van der Waals surface area contributed by atoms with Crippen molar-refractivity contribution in [3.63, 3.8) is 0 Å². The van der Waals surface area contributed by atoms with Gasteiger partial charge in [0.15, 0.2) is 0 Å². The van der Waals surface area contributed by atoms with Crippen LogP contribution in [0.25, 0.3) is 0 Å². The lowest BCUT2D eigenvalue weighted by atomic mass is 9.83. The summed E-state index contributed by atoms with van der Waals surface area (Å²) in [5.74, 6) is 0.210. The SMILES string of the molecule is CCC1(CNC(=O)CN2CCCNCC2)CCCC1. The van der Waals surface area contributed by atoms with Crippen LogP contribution in [-0.4, -0.2) is 50.1 Å². The van der Waals surface area contributed by atoms with E-state index in [-0.39, 0.29) is 5.91 Å². The van der Waals surface area contributed by atoms with Crippen LogP contribution in [0.1, 0.15) is 45.4 Å². The molecular weight excluding hydrogens is 238 g/mol. The van der Waals surface area contributed by atoms with E-state index in [4.69, 9.17) is 0 Å². The fraction of sp³-hybridized carbons (Fsp3) is 0.933. The van der Waals surface area contributed by atoms with Crippen molar-refractivity contribution in [3.8, 4) is 0 Å². The van der Waals surface area contributed by atoms with Gasteiger partial charge in [0, 0.05) is 19.6 Å². The second kappa shape index (κ2) is 7.25. The average Bonchev–Trinajstić information content (AvgIpc) is 2.75. The van der Waals surface area contributed by atoms with E-state index >= 15 is 0 Å². The van der Waals surface area contributed by atoms with Gasteiger partial charge in [0.1, 0.15) is 0 Å². The maximum Gasteiger partial charge on any atom is 0.234 e. The van der Waals surface area contributed by atoms with Gasteiger partial charge < -0.3 is 10.6 Å². The second-order valence-electron chi connectivity index (χ2n) is 6.22. The molecule has 1 saturated carbocycles. The van der Waals surface area contributed by atoms with Crippen molar-refractivity contribution >= 4 is 5.91 Å². The van der Waals surface area contributed by atoms with Gasteiger partial charge in [-0.3, -0.25) is 9.69 Å². The molecule has 0 spiro atoms. The Morgan fingerprint density at radius 2 is 2.00 bits per heavy atom. The minimum absolute atomic E-state index is 0.210. The fourth-order valence-corrected chi connectivity index (χ4v) is 3.39. The van der Waals surface area contributed by atoms with Gasteiger partial charge >= 0.3 is 0 Å². The highest BCUT2D eigenvalue weighted by Gasteiger charge is 2.32. The number of amides is 1. The predicted molar refractivity (Wildman–Crippen MR) is 78.1 cm³/mol. The van der Waals surface area contributed by atoms with Crippen LogP contribution < -0.4 is 10.6 Å². The van der Waals surface area contributed by atoms with E-state index in [1.807, 2.05) is 0 Å². The van der Waals surface area contributed by atoms with Gasteiger partial charge in [-0.2, -0.15) is 0 Å². The van der Waals surface area contributed by atoms with Crippen molar-refractivity contribution in [2.24, 2.45) is 5.41 Å². The third-order valence-electron chi connectivity index (χ3n) is 4.87. The molecular formula is C15H29N3O. The molecule has 1 amide bonds. The van der Waals surface area contributed by atoms with Crippen LogP contribution in [0.15, 0.2) is 0 Å². The maximum atomic E-state index is 12.1. The first kappa shape index (κ1) is 14.8. The Bertz CT molecular complexity index is 279. The molecule has 110 valence electrons. The summed E-state index contributed by atoms with van der Waals surface area (Å²) in [6.07, 6.45) is 7.59. The molecule has 19 heavy (non-hydrogen) atoms. The summed E-state index contributed by atoms with van der Waals surface area (Å²) < 4.78 is 0. The van der Waals surface area contributed by atoms with Crippen molar-refractivity contribution < 1.29 is 4.79 Å². The number of nitrogens with one attached hydrogen (secondary N) is 2. The predicted octanol–water partition coefficient (Wildman–Crippen LogP) is 1.37. The van der Waals surface area contributed by atoms with E-state index in [1.165, 1.54) is 32.1 Å². The van der Waals surface area contributed by atoms with E-state index in [0.717, 1.165) is 39.1 Å². The van der Waals surface area contributed by atoms with Gasteiger partial charge in [-0.05, 0) is 44.2 Å².